The number of carbonyl (C=O) groups is 1. The van der Waals surface area contributed by atoms with Crippen LogP contribution in [0.4, 0.5) is 5.69 Å². The van der Waals surface area contributed by atoms with Gasteiger partial charge in [-0.2, -0.15) is 5.01 Å². The molecule has 0 radical (unpaired) electrons. The van der Waals surface area contributed by atoms with Crippen molar-refractivity contribution in [2.45, 2.75) is 12.7 Å². The van der Waals surface area contributed by atoms with Crippen LogP contribution in [0.15, 0.2) is 55.1 Å². The Labute approximate surface area is 180 Å². The summed E-state index contributed by atoms with van der Waals surface area (Å²) in [5.41, 5.74) is 6.12. The molecule has 1 unspecified atom stereocenters. The molecule has 1 amide bonds. The molecule has 31 heavy (non-hydrogen) atoms. The molecule has 1 aromatic heterocycles. The third-order valence-corrected chi connectivity index (χ3v) is 5.08. The van der Waals surface area contributed by atoms with Gasteiger partial charge in [0.1, 0.15) is 18.2 Å². The van der Waals surface area contributed by atoms with E-state index in [0.29, 0.717) is 23.6 Å². The van der Waals surface area contributed by atoms with E-state index in [-0.39, 0.29) is 12.1 Å². The molecule has 4 rings (SSSR count). The molecule has 0 spiro atoms. The third-order valence-electron chi connectivity index (χ3n) is 5.08. The minimum absolute atomic E-state index is 0.300. The number of nitrogens with zero attached hydrogens (tertiary/aromatic N) is 3. The fourth-order valence-corrected chi connectivity index (χ4v) is 3.58. The summed E-state index contributed by atoms with van der Waals surface area (Å²) in [6.07, 6.45) is 4.00. The minimum atomic E-state index is -0.336. The van der Waals surface area contributed by atoms with Gasteiger partial charge in [-0.1, -0.05) is 12.1 Å². The van der Waals surface area contributed by atoms with Crippen LogP contribution in [0.2, 0.25) is 0 Å². The number of hydrazine groups is 1. The maximum Gasteiger partial charge on any atom is 0.268 e. The highest BCUT2D eigenvalue weighted by Gasteiger charge is 2.34. The van der Waals surface area contributed by atoms with Crippen molar-refractivity contribution in [2.24, 2.45) is 0 Å². The molecule has 2 aromatic carbocycles. The first kappa shape index (κ1) is 20.4. The van der Waals surface area contributed by atoms with Gasteiger partial charge in [0.15, 0.2) is 11.5 Å². The second kappa shape index (κ2) is 8.88. The summed E-state index contributed by atoms with van der Waals surface area (Å²) >= 11 is 0. The van der Waals surface area contributed by atoms with Crippen molar-refractivity contribution < 1.29 is 19.0 Å². The number of benzene rings is 2. The van der Waals surface area contributed by atoms with Gasteiger partial charge in [-0.3, -0.25) is 10.2 Å². The smallest absolute Gasteiger partial charge is 0.268 e. The van der Waals surface area contributed by atoms with Gasteiger partial charge < -0.3 is 19.5 Å². The molecule has 2 heterocycles. The molecule has 0 fully saturated rings. The van der Waals surface area contributed by atoms with Crippen molar-refractivity contribution in [3.63, 3.8) is 0 Å². The van der Waals surface area contributed by atoms with Crippen molar-refractivity contribution in [3.8, 4) is 17.2 Å². The molecule has 0 saturated heterocycles. The first-order valence-corrected chi connectivity index (χ1v) is 9.61. The lowest BCUT2D eigenvalue weighted by Crippen LogP contribution is -2.43. The van der Waals surface area contributed by atoms with Crippen molar-refractivity contribution in [1.82, 2.24) is 20.4 Å². The van der Waals surface area contributed by atoms with Crippen molar-refractivity contribution in [3.05, 3.63) is 71.8 Å². The molecule has 1 aliphatic rings. The number of methoxy groups -OCH3 is 3. The van der Waals surface area contributed by atoms with Crippen LogP contribution in [0.25, 0.3) is 0 Å². The molecule has 9 heteroatoms. The van der Waals surface area contributed by atoms with E-state index in [9.17, 15) is 4.79 Å². The summed E-state index contributed by atoms with van der Waals surface area (Å²) in [4.78, 5) is 20.6. The van der Waals surface area contributed by atoms with Crippen molar-refractivity contribution in [2.75, 3.05) is 26.6 Å². The van der Waals surface area contributed by atoms with E-state index in [1.165, 1.54) is 18.7 Å². The van der Waals surface area contributed by atoms with Crippen LogP contribution in [0, 0.1) is 0 Å². The summed E-state index contributed by atoms with van der Waals surface area (Å²) in [6.45, 7) is 0.462. The van der Waals surface area contributed by atoms with E-state index in [4.69, 9.17) is 14.2 Å². The lowest BCUT2D eigenvalue weighted by Gasteiger charge is -2.27. The standard InChI is InChI=1S/C22H23N5O4/c1-29-18-6-4-5-16-17(18)12-27(26-22(28)14-10-23-13-24-11-14)21(16)25-15-7-8-19(30-2)20(9-15)31-3/h4-11,13,21,25H,12H2,1-3H3,(H,26,28). The zero-order valence-corrected chi connectivity index (χ0v) is 17.5. The Bertz CT molecular complexity index is 1080. The Balaban J connectivity index is 1.65. The van der Waals surface area contributed by atoms with Crippen LogP contribution in [0.1, 0.15) is 27.7 Å². The van der Waals surface area contributed by atoms with Crippen LogP contribution in [0.3, 0.4) is 0 Å². The summed E-state index contributed by atoms with van der Waals surface area (Å²) in [6, 6.07) is 11.4. The summed E-state index contributed by atoms with van der Waals surface area (Å²) < 4.78 is 16.3. The second-order valence-corrected chi connectivity index (χ2v) is 6.84. The van der Waals surface area contributed by atoms with E-state index < -0.39 is 0 Å². The summed E-state index contributed by atoms with van der Waals surface area (Å²) in [7, 11) is 4.82. The molecular weight excluding hydrogens is 398 g/mol. The number of hydrogen-bond acceptors (Lipinski definition) is 8. The molecule has 1 atom stereocenters. The van der Waals surface area contributed by atoms with Gasteiger partial charge in [0.05, 0.1) is 26.9 Å². The maximum absolute atomic E-state index is 12.8. The third kappa shape index (κ3) is 4.08. The lowest BCUT2D eigenvalue weighted by atomic mass is 10.1. The van der Waals surface area contributed by atoms with Crippen LogP contribution in [-0.4, -0.2) is 42.2 Å². The fraction of sp³-hybridized carbons (Fsp3) is 0.227. The molecule has 0 saturated carbocycles. The van der Waals surface area contributed by atoms with Crippen LogP contribution in [0.5, 0.6) is 17.2 Å². The highest BCUT2D eigenvalue weighted by Crippen LogP contribution is 2.39. The largest absolute Gasteiger partial charge is 0.496 e. The lowest BCUT2D eigenvalue weighted by molar-refractivity contribution is 0.0731. The van der Waals surface area contributed by atoms with Gasteiger partial charge in [-0.15, -0.1) is 0 Å². The van der Waals surface area contributed by atoms with E-state index in [1.807, 2.05) is 41.4 Å². The zero-order chi connectivity index (χ0) is 21.8. The summed E-state index contributed by atoms with van der Waals surface area (Å²) in [5.74, 6) is 1.70. The first-order chi connectivity index (χ1) is 15.1. The SMILES string of the molecule is COc1ccc(NC2c3cccc(OC)c3CN2NC(=O)c2cncnc2)cc1OC. The Kier molecular flexibility index (Phi) is 5.85. The average Bonchev–Trinajstić information content (AvgIpc) is 3.16. The second-order valence-electron chi connectivity index (χ2n) is 6.84. The van der Waals surface area contributed by atoms with Gasteiger partial charge in [0, 0.05) is 36.3 Å². The number of rotatable bonds is 7. The number of aromatic nitrogens is 2. The van der Waals surface area contributed by atoms with Gasteiger partial charge in [-0.25, -0.2) is 9.97 Å². The minimum Gasteiger partial charge on any atom is -0.496 e. The number of amides is 1. The number of ether oxygens (including phenoxy) is 3. The zero-order valence-electron chi connectivity index (χ0n) is 17.5. The molecule has 160 valence electrons. The molecule has 2 N–H and O–H groups in total. The number of fused-ring (bicyclic) bond motifs is 1. The van der Waals surface area contributed by atoms with E-state index in [0.717, 1.165) is 22.6 Å². The molecule has 1 aliphatic heterocycles. The van der Waals surface area contributed by atoms with Crippen molar-refractivity contribution in [1.29, 1.82) is 0 Å². The number of nitrogens with one attached hydrogen (secondary N) is 2. The first-order valence-electron chi connectivity index (χ1n) is 9.61. The Morgan fingerprint density at radius 1 is 1.00 bits per heavy atom. The summed E-state index contributed by atoms with van der Waals surface area (Å²) in [5, 5.41) is 5.29. The van der Waals surface area contributed by atoms with E-state index in [1.54, 1.807) is 21.3 Å². The van der Waals surface area contributed by atoms with Gasteiger partial charge in [0.25, 0.3) is 5.91 Å². The van der Waals surface area contributed by atoms with Crippen molar-refractivity contribution >= 4 is 11.6 Å². The highest BCUT2D eigenvalue weighted by molar-refractivity contribution is 5.93. The topological polar surface area (TPSA) is 97.8 Å². The predicted octanol–water partition coefficient (Wildman–Crippen LogP) is 2.77. The molecular formula is C22H23N5O4. The van der Waals surface area contributed by atoms with Crippen LogP contribution < -0.4 is 25.0 Å². The normalized spacial score (nSPS) is 15.1. The van der Waals surface area contributed by atoms with Gasteiger partial charge in [0.2, 0.25) is 0 Å². The molecule has 9 nitrogen and oxygen atoms in total. The van der Waals surface area contributed by atoms with Crippen LogP contribution in [-0.2, 0) is 6.54 Å². The van der Waals surface area contributed by atoms with Gasteiger partial charge in [-0.05, 0) is 23.8 Å². The number of hydrogen-bond donors (Lipinski definition) is 2. The quantitative estimate of drug-likeness (QED) is 0.601. The molecule has 3 aromatic rings. The Morgan fingerprint density at radius 2 is 1.74 bits per heavy atom. The average molecular weight is 421 g/mol. The number of carbonyl (C=O) groups excluding carboxylic acids is 1. The Morgan fingerprint density at radius 3 is 2.45 bits per heavy atom. The predicted molar refractivity (Wildman–Crippen MR) is 114 cm³/mol. The van der Waals surface area contributed by atoms with Crippen LogP contribution >= 0.6 is 0 Å². The number of anilines is 1. The molecule has 0 bridgehead atoms. The van der Waals surface area contributed by atoms with E-state index in [2.05, 4.69) is 20.7 Å². The molecule has 0 aliphatic carbocycles. The fourth-order valence-electron chi connectivity index (χ4n) is 3.58. The monoisotopic (exact) mass is 421 g/mol. The van der Waals surface area contributed by atoms with Gasteiger partial charge >= 0.3 is 0 Å². The highest BCUT2D eigenvalue weighted by atomic mass is 16.5. The Hall–Kier alpha value is -3.85. The van der Waals surface area contributed by atoms with E-state index >= 15 is 0 Å². The maximum atomic E-state index is 12.8.